The zero-order valence-electron chi connectivity index (χ0n) is 16.5. The molecule has 0 fully saturated rings. The van der Waals surface area contributed by atoms with Gasteiger partial charge in [0.25, 0.3) is 5.91 Å². The minimum absolute atomic E-state index is 0.112. The van der Waals surface area contributed by atoms with E-state index in [1.807, 2.05) is 0 Å². The first-order chi connectivity index (χ1) is 13.9. The Bertz CT molecular complexity index is 988. The molecule has 1 aliphatic rings. The van der Waals surface area contributed by atoms with Crippen molar-refractivity contribution >= 4 is 15.9 Å². The van der Waals surface area contributed by atoms with Gasteiger partial charge in [0.2, 0.25) is 10.0 Å². The summed E-state index contributed by atoms with van der Waals surface area (Å²) in [7, 11) is 0.737. The number of hydrogen-bond donors (Lipinski definition) is 1. The molecular weight excluding hydrogens is 400 g/mol. The van der Waals surface area contributed by atoms with E-state index in [0.29, 0.717) is 36.9 Å². The summed E-state index contributed by atoms with van der Waals surface area (Å²) in [5.41, 5.74) is 0.902. The lowest BCUT2D eigenvalue weighted by molar-refractivity contribution is 0.0931. The van der Waals surface area contributed by atoms with Crippen molar-refractivity contribution in [1.29, 1.82) is 0 Å². The predicted octanol–water partition coefficient (Wildman–Crippen LogP) is 0.481. The quantitative estimate of drug-likeness (QED) is 0.614. The maximum Gasteiger partial charge on any atom is 0.271 e. The fourth-order valence-electron chi connectivity index (χ4n) is 3.04. The standard InChI is InChI=1S/C18H24N4O6S/c1-26-9-6-19-18(23)15-10-13-12-21(7-8-22(13)20-15)29(24,25)14-4-5-16(27-2)17(11-14)28-3/h4-5,10-11H,6-9,12H2,1-3H3,(H,19,23). The molecule has 3 rings (SSSR count). The van der Waals surface area contributed by atoms with Gasteiger partial charge >= 0.3 is 0 Å². The molecule has 10 nitrogen and oxygen atoms in total. The first kappa shape index (κ1) is 21.1. The molecule has 0 bridgehead atoms. The van der Waals surface area contributed by atoms with E-state index in [-0.39, 0.29) is 29.6 Å². The minimum atomic E-state index is -3.75. The van der Waals surface area contributed by atoms with Crippen molar-refractivity contribution in [2.24, 2.45) is 0 Å². The maximum atomic E-state index is 13.1. The molecule has 1 aromatic heterocycles. The van der Waals surface area contributed by atoms with Crippen molar-refractivity contribution < 1.29 is 27.4 Å². The average Bonchev–Trinajstić information content (AvgIpc) is 3.16. The summed E-state index contributed by atoms with van der Waals surface area (Å²) >= 11 is 0. The highest BCUT2D eigenvalue weighted by atomic mass is 32.2. The third-order valence-corrected chi connectivity index (χ3v) is 6.42. The monoisotopic (exact) mass is 424 g/mol. The largest absolute Gasteiger partial charge is 0.493 e. The van der Waals surface area contributed by atoms with Crippen molar-refractivity contribution in [1.82, 2.24) is 19.4 Å². The van der Waals surface area contributed by atoms with Gasteiger partial charge < -0.3 is 19.5 Å². The number of rotatable bonds is 8. The molecule has 0 aliphatic carbocycles. The van der Waals surface area contributed by atoms with Gasteiger partial charge in [0, 0.05) is 26.3 Å². The lowest BCUT2D eigenvalue weighted by Gasteiger charge is -2.27. The van der Waals surface area contributed by atoms with Crippen LogP contribution in [0.25, 0.3) is 0 Å². The number of amides is 1. The number of methoxy groups -OCH3 is 3. The van der Waals surface area contributed by atoms with Gasteiger partial charge in [0.15, 0.2) is 11.5 Å². The molecule has 1 amide bonds. The van der Waals surface area contributed by atoms with Crippen molar-refractivity contribution in [3.05, 3.63) is 35.7 Å². The van der Waals surface area contributed by atoms with E-state index < -0.39 is 10.0 Å². The number of benzene rings is 1. The molecule has 1 N–H and O–H groups in total. The van der Waals surface area contributed by atoms with Crippen molar-refractivity contribution in [2.75, 3.05) is 41.0 Å². The van der Waals surface area contributed by atoms with Gasteiger partial charge in [0.1, 0.15) is 5.69 Å². The normalized spacial score (nSPS) is 14.3. The molecular formula is C18H24N4O6S. The third kappa shape index (κ3) is 4.36. The first-order valence-corrected chi connectivity index (χ1v) is 10.4. The second-order valence-corrected chi connectivity index (χ2v) is 8.29. The molecule has 158 valence electrons. The summed E-state index contributed by atoms with van der Waals surface area (Å²) in [4.78, 5) is 12.3. The van der Waals surface area contributed by atoms with Crippen LogP contribution in [0, 0.1) is 0 Å². The van der Waals surface area contributed by atoms with Crippen LogP contribution in [0.15, 0.2) is 29.2 Å². The maximum absolute atomic E-state index is 13.1. The summed E-state index contributed by atoms with van der Waals surface area (Å²) < 4.78 is 44.5. The number of ether oxygens (including phenoxy) is 3. The van der Waals surface area contributed by atoms with E-state index in [2.05, 4.69) is 10.4 Å². The van der Waals surface area contributed by atoms with Crippen LogP contribution in [-0.2, 0) is 27.8 Å². The number of hydrogen-bond acceptors (Lipinski definition) is 7. The molecule has 0 saturated carbocycles. The van der Waals surface area contributed by atoms with E-state index >= 15 is 0 Å². The lowest BCUT2D eigenvalue weighted by Crippen LogP contribution is -2.38. The summed E-state index contributed by atoms with van der Waals surface area (Å²) in [6.07, 6.45) is 0. The number of carbonyl (C=O) groups excluding carboxylic acids is 1. The van der Waals surface area contributed by atoms with Crippen LogP contribution in [-0.4, -0.2) is 69.4 Å². The van der Waals surface area contributed by atoms with Crippen LogP contribution in [0.3, 0.4) is 0 Å². The average molecular weight is 424 g/mol. The van der Waals surface area contributed by atoms with Crippen LogP contribution in [0.1, 0.15) is 16.2 Å². The highest BCUT2D eigenvalue weighted by Crippen LogP contribution is 2.31. The van der Waals surface area contributed by atoms with Gasteiger partial charge in [-0.2, -0.15) is 9.40 Å². The minimum Gasteiger partial charge on any atom is -0.493 e. The van der Waals surface area contributed by atoms with Gasteiger partial charge in [-0.05, 0) is 18.2 Å². The molecule has 1 aliphatic heterocycles. The Labute approximate surface area is 169 Å². The molecule has 1 aromatic carbocycles. The predicted molar refractivity (Wildman–Crippen MR) is 104 cm³/mol. The number of aromatic nitrogens is 2. The Morgan fingerprint density at radius 3 is 2.59 bits per heavy atom. The lowest BCUT2D eigenvalue weighted by atomic mass is 10.3. The topological polar surface area (TPSA) is 112 Å². The SMILES string of the molecule is COCCNC(=O)c1cc2n(n1)CCN(S(=O)(=O)c1ccc(OC)c(OC)c1)C2. The van der Waals surface area contributed by atoms with E-state index in [1.165, 1.54) is 30.7 Å². The van der Waals surface area contributed by atoms with Gasteiger partial charge in [-0.25, -0.2) is 8.42 Å². The van der Waals surface area contributed by atoms with Crippen LogP contribution in [0.5, 0.6) is 11.5 Å². The summed E-state index contributed by atoms with van der Waals surface area (Å²) in [6.45, 7) is 1.49. The summed E-state index contributed by atoms with van der Waals surface area (Å²) in [6, 6.07) is 6.09. The molecule has 0 saturated heterocycles. The Balaban J connectivity index is 1.79. The number of fused-ring (bicyclic) bond motifs is 1. The van der Waals surface area contributed by atoms with Crippen molar-refractivity contribution in [2.45, 2.75) is 18.0 Å². The number of nitrogens with one attached hydrogen (secondary N) is 1. The van der Waals surface area contributed by atoms with E-state index in [1.54, 1.807) is 23.9 Å². The fourth-order valence-corrected chi connectivity index (χ4v) is 4.46. The smallest absolute Gasteiger partial charge is 0.271 e. The van der Waals surface area contributed by atoms with Gasteiger partial charge in [0.05, 0.1) is 44.5 Å². The molecule has 29 heavy (non-hydrogen) atoms. The molecule has 0 radical (unpaired) electrons. The Kier molecular flexibility index (Phi) is 6.40. The number of carbonyl (C=O) groups is 1. The molecule has 0 spiro atoms. The van der Waals surface area contributed by atoms with Crippen LogP contribution in [0.4, 0.5) is 0 Å². The van der Waals surface area contributed by atoms with E-state index in [4.69, 9.17) is 14.2 Å². The first-order valence-electron chi connectivity index (χ1n) is 8.96. The molecule has 2 heterocycles. The highest BCUT2D eigenvalue weighted by Gasteiger charge is 2.30. The fraction of sp³-hybridized carbons (Fsp3) is 0.444. The van der Waals surface area contributed by atoms with Crippen LogP contribution < -0.4 is 14.8 Å². The Morgan fingerprint density at radius 1 is 1.14 bits per heavy atom. The van der Waals surface area contributed by atoms with Gasteiger partial charge in [-0.1, -0.05) is 0 Å². The third-order valence-electron chi connectivity index (χ3n) is 4.58. The molecule has 2 aromatic rings. The zero-order chi connectivity index (χ0) is 21.0. The molecule has 0 atom stereocenters. The second kappa shape index (κ2) is 8.80. The number of nitrogens with zero attached hydrogens (tertiary/aromatic N) is 3. The number of sulfonamides is 1. The summed E-state index contributed by atoms with van der Waals surface area (Å²) in [5, 5.41) is 6.98. The molecule has 11 heteroatoms. The zero-order valence-corrected chi connectivity index (χ0v) is 17.4. The van der Waals surface area contributed by atoms with Gasteiger partial charge in [-0.15, -0.1) is 0 Å². The Hall–Kier alpha value is -2.63. The van der Waals surface area contributed by atoms with Crippen LogP contribution in [0.2, 0.25) is 0 Å². The van der Waals surface area contributed by atoms with Crippen LogP contribution >= 0.6 is 0 Å². The molecule has 0 unspecified atom stereocenters. The van der Waals surface area contributed by atoms with Crippen molar-refractivity contribution in [3.8, 4) is 11.5 Å². The Morgan fingerprint density at radius 2 is 1.90 bits per heavy atom. The second-order valence-electron chi connectivity index (χ2n) is 6.35. The van der Waals surface area contributed by atoms with E-state index in [0.717, 1.165) is 0 Å². The summed E-state index contributed by atoms with van der Waals surface area (Å²) in [5.74, 6) is 0.469. The van der Waals surface area contributed by atoms with E-state index in [9.17, 15) is 13.2 Å². The highest BCUT2D eigenvalue weighted by molar-refractivity contribution is 7.89. The van der Waals surface area contributed by atoms with Gasteiger partial charge in [-0.3, -0.25) is 9.48 Å². The van der Waals surface area contributed by atoms with Crippen molar-refractivity contribution in [3.63, 3.8) is 0 Å².